The fraction of sp³-hybridized carbons (Fsp3) is 1.00. The lowest BCUT2D eigenvalue weighted by molar-refractivity contribution is 0.142. The Balaban J connectivity index is 2.00. The normalized spacial score (nSPS) is 24.6. The minimum absolute atomic E-state index is 0.514. The predicted molar refractivity (Wildman–Crippen MR) is 65.1 cm³/mol. The maximum atomic E-state index is 5.32. The first-order valence-corrected chi connectivity index (χ1v) is 6.48. The van der Waals surface area contributed by atoms with Gasteiger partial charge in [-0.2, -0.15) is 0 Å². The van der Waals surface area contributed by atoms with E-state index in [1.54, 1.807) is 0 Å². The van der Waals surface area contributed by atoms with E-state index in [0.717, 1.165) is 25.8 Å². The van der Waals surface area contributed by atoms with Crippen LogP contribution in [0.3, 0.4) is 0 Å². The fourth-order valence-corrected chi connectivity index (χ4v) is 2.45. The van der Waals surface area contributed by atoms with Gasteiger partial charge in [0.2, 0.25) is 0 Å². The summed E-state index contributed by atoms with van der Waals surface area (Å²) in [7, 11) is 0. The zero-order valence-electron chi connectivity index (χ0n) is 10.6. The van der Waals surface area contributed by atoms with Gasteiger partial charge in [0.25, 0.3) is 0 Å². The molecule has 0 aliphatic heterocycles. The second kappa shape index (κ2) is 6.49. The molecule has 0 aromatic heterocycles. The molecule has 1 aliphatic carbocycles. The van der Waals surface area contributed by atoms with Crippen LogP contribution in [0.2, 0.25) is 0 Å². The fourth-order valence-electron chi connectivity index (χ4n) is 2.45. The Morgan fingerprint density at radius 3 is 2.73 bits per heavy atom. The van der Waals surface area contributed by atoms with Gasteiger partial charge in [-0.25, -0.2) is 0 Å². The van der Waals surface area contributed by atoms with Crippen molar-refractivity contribution in [2.24, 2.45) is 5.41 Å². The van der Waals surface area contributed by atoms with Gasteiger partial charge in [-0.05, 0) is 44.6 Å². The Kier molecular flexibility index (Phi) is 5.62. The van der Waals surface area contributed by atoms with Gasteiger partial charge < -0.3 is 10.1 Å². The molecular weight excluding hydrogens is 186 g/mol. The van der Waals surface area contributed by atoms with E-state index in [0.29, 0.717) is 5.41 Å². The molecule has 0 aromatic carbocycles. The molecule has 0 heterocycles. The topological polar surface area (TPSA) is 21.3 Å². The van der Waals surface area contributed by atoms with Gasteiger partial charge >= 0.3 is 0 Å². The highest BCUT2D eigenvalue weighted by Gasteiger charge is 2.33. The third-order valence-electron chi connectivity index (χ3n) is 3.57. The third kappa shape index (κ3) is 4.52. The maximum absolute atomic E-state index is 5.32. The molecule has 0 spiro atoms. The Morgan fingerprint density at radius 1 is 1.33 bits per heavy atom. The molecule has 1 atom stereocenters. The molecule has 15 heavy (non-hydrogen) atoms. The summed E-state index contributed by atoms with van der Waals surface area (Å²) in [4.78, 5) is 0. The van der Waals surface area contributed by atoms with E-state index in [4.69, 9.17) is 4.74 Å². The first-order chi connectivity index (χ1) is 7.17. The van der Waals surface area contributed by atoms with Crippen molar-refractivity contribution in [1.29, 1.82) is 0 Å². The molecule has 1 aliphatic rings. The van der Waals surface area contributed by atoms with Crippen LogP contribution in [0.25, 0.3) is 0 Å². The summed E-state index contributed by atoms with van der Waals surface area (Å²) in [5, 5.41) is 3.69. The van der Waals surface area contributed by atoms with Gasteiger partial charge in [-0.1, -0.05) is 20.3 Å². The Labute approximate surface area is 94.8 Å². The van der Waals surface area contributed by atoms with Gasteiger partial charge in [-0.3, -0.25) is 0 Å². The van der Waals surface area contributed by atoms with Gasteiger partial charge in [-0.15, -0.1) is 0 Å². The standard InChI is InChI=1S/C13H27NO/c1-4-15-11-6-5-10-14-12-8-7-9-13(12,2)3/h12,14H,4-11H2,1-3H3. The summed E-state index contributed by atoms with van der Waals surface area (Å²) in [6, 6.07) is 0.740. The van der Waals surface area contributed by atoms with Crippen LogP contribution in [0, 0.1) is 5.41 Å². The van der Waals surface area contributed by atoms with Crippen molar-refractivity contribution in [1.82, 2.24) is 5.32 Å². The summed E-state index contributed by atoms with van der Waals surface area (Å²) in [5.74, 6) is 0. The van der Waals surface area contributed by atoms with E-state index in [1.807, 2.05) is 0 Å². The number of nitrogens with one attached hydrogen (secondary N) is 1. The van der Waals surface area contributed by atoms with E-state index < -0.39 is 0 Å². The average molecular weight is 213 g/mol. The highest BCUT2D eigenvalue weighted by atomic mass is 16.5. The molecule has 1 N–H and O–H groups in total. The molecule has 2 heteroatoms. The molecule has 0 aromatic rings. The molecule has 1 saturated carbocycles. The van der Waals surface area contributed by atoms with Crippen LogP contribution >= 0.6 is 0 Å². The predicted octanol–water partition coefficient (Wildman–Crippen LogP) is 2.97. The summed E-state index contributed by atoms with van der Waals surface area (Å²) in [6.45, 7) is 9.76. The SMILES string of the molecule is CCOCCCCNC1CCCC1(C)C. The Bertz CT molecular complexity index is 168. The largest absolute Gasteiger partial charge is 0.382 e. The van der Waals surface area contributed by atoms with Gasteiger partial charge in [0.05, 0.1) is 0 Å². The van der Waals surface area contributed by atoms with Crippen molar-refractivity contribution in [3.63, 3.8) is 0 Å². The first kappa shape index (κ1) is 13.0. The second-order valence-corrected chi connectivity index (χ2v) is 5.29. The Hall–Kier alpha value is -0.0800. The number of hydrogen-bond donors (Lipinski definition) is 1. The summed E-state index contributed by atoms with van der Waals surface area (Å²) in [5.41, 5.74) is 0.514. The van der Waals surface area contributed by atoms with Gasteiger partial charge in [0.1, 0.15) is 0 Å². The van der Waals surface area contributed by atoms with Crippen LogP contribution < -0.4 is 5.32 Å². The molecule has 0 amide bonds. The average Bonchev–Trinajstić information content (AvgIpc) is 2.52. The molecule has 1 unspecified atom stereocenters. The summed E-state index contributed by atoms with van der Waals surface area (Å²) >= 11 is 0. The van der Waals surface area contributed by atoms with E-state index >= 15 is 0 Å². The van der Waals surface area contributed by atoms with Crippen molar-refractivity contribution in [2.45, 2.75) is 58.9 Å². The van der Waals surface area contributed by atoms with Crippen LogP contribution in [-0.2, 0) is 4.74 Å². The van der Waals surface area contributed by atoms with Crippen molar-refractivity contribution >= 4 is 0 Å². The van der Waals surface area contributed by atoms with Crippen molar-refractivity contribution in [2.75, 3.05) is 19.8 Å². The third-order valence-corrected chi connectivity index (χ3v) is 3.57. The monoisotopic (exact) mass is 213 g/mol. The Morgan fingerprint density at radius 2 is 2.13 bits per heavy atom. The van der Waals surface area contributed by atoms with Crippen LogP contribution in [0.15, 0.2) is 0 Å². The lowest BCUT2D eigenvalue weighted by Crippen LogP contribution is -2.38. The lowest BCUT2D eigenvalue weighted by Gasteiger charge is -2.28. The van der Waals surface area contributed by atoms with Crippen LogP contribution in [-0.4, -0.2) is 25.8 Å². The molecule has 2 nitrogen and oxygen atoms in total. The van der Waals surface area contributed by atoms with E-state index in [-0.39, 0.29) is 0 Å². The zero-order valence-corrected chi connectivity index (χ0v) is 10.6. The van der Waals surface area contributed by atoms with Gasteiger partial charge in [0, 0.05) is 19.3 Å². The smallest absolute Gasteiger partial charge is 0.0466 e. The van der Waals surface area contributed by atoms with Crippen LogP contribution in [0.5, 0.6) is 0 Å². The minimum Gasteiger partial charge on any atom is -0.382 e. The van der Waals surface area contributed by atoms with E-state index in [9.17, 15) is 0 Å². The van der Waals surface area contributed by atoms with Crippen molar-refractivity contribution < 1.29 is 4.74 Å². The first-order valence-electron chi connectivity index (χ1n) is 6.48. The second-order valence-electron chi connectivity index (χ2n) is 5.29. The van der Waals surface area contributed by atoms with E-state index in [2.05, 4.69) is 26.1 Å². The minimum atomic E-state index is 0.514. The molecular formula is C13H27NO. The molecule has 1 rings (SSSR count). The number of ether oxygens (including phenoxy) is 1. The molecule has 0 bridgehead atoms. The van der Waals surface area contributed by atoms with Crippen molar-refractivity contribution in [3.8, 4) is 0 Å². The highest BCUT2D eigenvalue weighted by molar-refractivity contribution is 4.89. The molecule has 90 valence electrons. The number of unbranched alkanes of at least 4 members (excludes halogenated alkanes) is 1. The quantitative estimate of drug-likeness (QED) is 0.656. The van der Waals surface area contributed by atoms with Crippen LogP contribution in [0.1, 0.15) is 52.9 Å². The lowest BCUT2D eigenvalue weighted by atomic mass is 9.87. The number of rotatable bonds is 7. The molecule has 0 radical (unpaired) electrons. The summed E-state index contributed by atoms with van der Waals surface area (Å²) < 4.78 is 5.32. The van der Waals surface area contributed by atoms with Gasteiger partial charge in [0.15, 0.2) is 0 Å². The van der Waals surface area contributed by atoms with Crippen molar-refractivity contribution in [3.05, 3.63) is 0 Å². The van der Waals surface area contributed by atoms with Crippen LogP contribution in [0.4, 0.5) is 0 Å². The zero-order chi connectivity index (χ0) is 11.1. The highest BCUT2D eigenvalue weighted by Crippen LogP contribution is 2.36. The maximum Gasteiger partial charge on any atom is 0.0466 e. The number of hydrogen-bond acceptors (Lipinski definition) is 2. The molecule has 0 saturated heterocycles. The summed E-state index contributed by atoms with van der Waals surface area (Å²) in [6.07, 6.45) is 6.56. The molecule has 1 fully saturated rings. The van der Waals surface area contributed by atoms with E-state index in [1.165, 1.54) is 32.1 Å².